The van der Waals surface area contributed by atoms with Crippen molar-refractivity contribution in [1.29, 1.82) is 0 Å². The molecule has 1 heterocycles. The van der Waals surface area contributed by atoms with Gasteiger partial charge < -0.3 is 10.6 Å². The normalized spacial score (nSPS) is 21.8. The highest BCUT2D eigenvalue weighted by molar-refractivity contribution is 14.0. The third kappa shape index (κ3) is 5.61. The summed E-state index contributed by atoms with van der Waals surface area (Å²) < 4.78 is 13.5. The van der Waals surface area contributed by atoms with Crippen LogP contribution in [0.4, 0.5) is 4.39 Å². The van der Waals surface area contributed by atoms with Gasteiger partial charge in [-0.15, -0.1) is 24.0 Å². The number of nitrogens with one attached hydrogen (secondary N) is 2. The highest BCUT2D eigenvalue weighted by atomic mass is 127. The van der Waals surface area contributed by atoms with Gasteiger partial charge in [0.05, 0.1) is 12.2 Å². The fraction of sp³-hybridized carbons (Fsp3) is 0.571. The highest BCUT2D eigenvalue weighted by Crippen LogP contribution is 2.27. The molecule has 4 nitrogen and oxygen atoms in total. The summed E-state index contributed by atoms with van der Waals surface area (Å²) in [7, 11) is 1.73. The zero-order valence-corrected chi connectivity index (χ0v) is 15.5. The first-order chi connectivity index (χ1) is 9.72. The number of aliphatic imine (C=N–C) groups is 1. The maximum atomic E-state index is 13.5. The van der Waals surface area contributed by atoms with Crippen molar-refractivity contribution >= 4 is 41.7 Å². The molecule has 0 amide bonds. The van der Waals surface area contributed by atoms with Gasteiger partial charge in [0.15, 0.2) is 5.96 Å². The molecule has 2 unspecified atom stereocenters. The van der Waals surface area contributed by atoms with E-state index < -0.39 is 0 Å². The second kappa shape index (κ2) is 9.45. The number of nitrogens with zero attached hydrogens (tertiary/aromatic N) is 2. The van der Waals surface area contributed by atoms with Crippen molar-refractivity contribution in [2.75, 3.05) is 13.3 Å². The number of aromatic nitrogens is 1. The van der Waals surface area contributed by atoms with E-state index in [1.807, 2.05) is 11.8 Å². The largest absolute Gasteiger partial charge is 0.354 e. The number of guanidine groups is 1. The molecule has 1 saturated carbocycles. The molecule has 21 heavy (non-hydrogen) atoms. The van der Waals surface area contributed by atoms with Crippen LogP contribution >= 0.6 is 35.7 Å². The van der Waals surface area contributed by atoms with Crippen LogP contribution in [0.25, 0.3) is 0 Å². The van der Waals surface area contributed by atoms with Crippen molar-refractivity contribution < 1.29 is 4.39 Å². The van der Waals surface area contributed by atoms with E-state index in [1.165, 1.54) is 12.5 Å². The van der Waals surface area contributed by atoms with Gasteiger partial charge in [-0.3, -0.25) is 9.98 Å². The summed E-state index contributed by atoms with van der Waals surface area (Å²) in [6.45, 7) is 0.338. The molecule has 0 saturated heterocycles. The summed E-state index contributed by atoms with van der Waals surface area (Å²) in [6, 6.07) is 3.46. The maximum absolute atomic E-state index is 13.5. The Kier molecular flexibility index (Phi) is 8.31. The van der Waals surface area contributed by atoms with E-state index in [9.17, 15) is 4.39 Å². The number of hydrogen-bond acceptors (Lipinski definition) is 3. The molecule has 1 aromatic heterocycles. The van der Waals surface area contributed by atoms with Gasteiger partial charge in [0.1, 0.15) is 5.82 Å². The summed E-state index contributed by atoms with van der Waals surface area (Å²) in [5, 5.41) is 7.25. The molecule has 2 N–H and O–H groups in total. The molecule has 0 bridgehead atoms. The Bertz CT molecular complexity index is 472. The first-order valence-corrected chi connectivity index (χ1v) is 8.11. The quantitative estimate of drug-likeness (QED) is 0.444. The number of halogens is 2. The fourth-order valence-electron chi connectivity index (χ4n) is 2.39. The van der Waals surface area contributed by atoms with E-state index in [0.717, 1.165) is 18.1 Å². The van der Waals surface area contributed by atoms with Crippen LogP contribution in [0.5, 0.6) is 0 Å². The summed E-state index contributed by atoms with van der Waals surface area (Å²) in [5.41, 5.74) is 0.406. The number of rotatable bonds is 4. The van der Waals surface area contributed by atoms with E-state index >= 15 is 0 Å². The average Bonchev–Trinajstić information content (AvgIpc) is 2.92. The minimum atomic E-state index is -0.293. The summed E-state index contributed by atoms with van der Waals surface area (Å²) in [5.74, 6) is 0.417. The zero-order valence-electron chi connectivity index (χ0n) is 12.3. The van der Waals surface area contributed by atoms with Crippen molar-refractivity contribution in [1.82, 2.24) is 15.6 Å². The van der Waals surface area contributed by atoms with Crippen molar-refractivity contribution in [3.05, 3.63) is 29.8 Å². The Balaban J connectivity index is 0.00000220. The Labute approximate surface area is 146 Å². The predicted molar refractivity (Wildman–Crippen MR) is 97.9 cm³/mol. The van der Waals surface area contributed by atoms with E-state index in [-0.39, 0.29) is 29.8 Å². The molecule has 0 aliphatic heterocycles. The molecule has 0 aromatic carbocycles. The van der Waals surface area contributed by atoms with Crippen LogP contribution < -0.4 is 10.6 Å². The Hall–Kier alpha value is -0.570. The van der Waals surface area contributed by atoms with E-state index in [4.69, 9.17) is 0 Å². The van der Waals surface area contributed by atoms with E-state index in [1.54, 1.807) is 19.3 Å². The van der Waals surface area contributed by atoms with Crippen LogP contribution in [0.3, 0.4) is 0 Å². The van der Waals surface area contributed by atoms with Crippen LogP contribution in [0.2, 0.25) is 0 Å². The second-order valence-corrected chi connectivity index (χ2v) is 6.01. The first-order valence-electron chi connectivity index (χ1n) is 6.82. The van der Waals surface area contributed by atoms with Crippen LogP contribution in [-0.2, 0) is 6.54 Å². The molecular weight excluding hydrogens is 402 g/mol. The highest BCUT2D eigenvalue weighted by Gasteiger charge is 2.24. The lowest BCUT2D eigenvalue weighted by Crippen LogP contribution is -2.42. The van der Waals surface area contributed by atoms with E-state index in [2.05, 4.69) is 26.9 Å². The predicted octanol–water partition coefficient (Wildman–Crippen LogP) is 2.79. The SMILES string of the molecule is CN=C(NCc1ncccc1F)NC1CCC(SC)C1.I. The molecule has 2 rings (SSSR count). The molecule has 0 spiro atoms. The van der Waals surface area contributed by atoms with E-state index in [0.29, 0.717) is 24.2 Å². The molecule has 0 radical (unpaired) electrons. The first kappa shape index (κ1) is 18.5. The summed E-state index contributed by atoms with van der Waals surface area (Å²) >= 11 is 1.92. The summed E-state index contributed by atoms with van der Waals surface area (Å²) in [4.78, 5) is 8.20. The van der Waals surface area contributed by atoms with Crippen molar-refractivity contribution in [2.45, 2.75) is 37.1 Å². The van der Waals surface area contributed by atoms with Gasteiger partial charge in [0.2, 0.25) is 0 Å². The van der Waals surface area contributed by atoms with Crippen LogP contribution in [0.1, 0.15) is 25.0 Å². The third-order valence-corrected chi connectivity index (χ3v) is 4.64. The lowest BCUT2D eigenvalue weighted by molar-refractivity contribution is 0.585. The lowest BCUT2D eigenvalue weighted by Gasteiger charge is -2.17. The fourth-order valence-corrected chi connectivity index (χ4v) is 3.19. The lowest BCUT2D eigenvalue weighted by atomic mass is 10.2. The molecule has 1 fully saturated rings. The van der Waals surface area contributed by atoms with Crippen molar-refractivity contribution in [3.63, 3.8) is 0 Å². The van der Waals surface area contributed by atoms with Gasteiger partial charge in [0, 0.05) is 24.5 Å². The zero-order chi connectivity index (χ0) is 14.4. The molecule has 118 valence electrons. The minimum absolute atomic E-state index is 0. The number of thioether (sulfide) groups is 1. The van der Waals surface area contributed by atoms with Gasteiger partial charge in [-0.05, 0) is 37.7 Å². The molecule has 1 aliphatic rings. The van der Waals surface area contributed by atoms with Crippen LogP contribution in [0.15, 0.2) is 23.3 Å². The van der Waals surface area contributed by atoms with Gasteiger partial charge in [-0.25, -0.2) is 4.39 Å². The monoisotopic (exact) mass is 424 g/mol. The summed E-state index contributed by atoms with van der Waals surface area (Å²) in [6.07, 6.45) is 7.30. The topological polar surface area (TPSA) is 49.3 Å². The maximum Gasteiger partial charge on any atom is 0.191 e. The molecular formula is C14H22FIN4S. The van der Waals surface area contributed by atoms with Crippen molar-refractivity contribution in [3.8, 4) is 0 Å². The van der Waals surface area contributed by atoms with Crippen molar-refractivity contribution in [2.24, 2.45) is 4.99 Å². The molecule has 1 aliphatic carbocycles. The Morgan fingerprint density at radius 1 is 1.52 bits per heavy atom. The molecule has 2 atom stereocenters. The standard InChI is InChI=1S/C14H21FN4S.HI/c1-16-14(19-10-5-6-11(8-10)20-2)18-9-13-12(15)4-3-7-17-13;/h3-4,7,10-11H,5-6,8-9H2,1-2H3,(H2,16,18,19);1H. The molecule has 7 heteroatoms. The average molecular weight is 424 g/mol. The Morgan fingerprint density at radius 2 is 2.33 bits per heavy atom. The molecule has 1 aromatic rings. The second-order valence-electron chi connectivity index (χ2n) is 4.87. The van der Waals surface area contributed by atoms with Gasteiger partial charge in [-0.2, -0.15) is 11.8 Å². The number of hydrogen-bond donors (Lipinski definition) is 2. The van der Waals surface area contributed by atoms with Crippen LogP contribution in [0, 0.1) is 5.82 Å². The number of pyridine rings is 1. The Morgan fingerprint density at radius 3 is 2.95 bits per heavy atom. The van der Waals surface area contributed by atoms with Gasteiger partial charge >= 0.3 is 0 Å². The van der Waals surface area contributed by atoms with Gasteiger partial charge in [0.25, 0.3) is 0 Å². The van der Waals surface area contributed by atoms with Gasteiger partial charge in [-0.1, -0.05) is 0 Å². The third-order valence-electron chi connectivity index (χ3n) is 3.54. The smallest absolute Gasteiger partial charge is 0.191 e. The van der Waals surface area contributed by atoms with Crippen LogP contribution in [-0.4, -0.2) is 35.5 Å². The minimum Gasteiger partial charge on any atom is -0.354 e.